The lowest BCUT2D eigenvalue weighted by Crippen LogP contribution is -2.20. The number of aromatic nitrogens is 1. The molecular formula is C8H10BrN3O3. The van der Waals surface area contributed by atoms with Crippen LogP contribution < -0.4 is 5.32 Å². The third-order valence-corrected chi connectivity index (χ3v) is 2.12. The summed E-state index contributed by atoms with van der Waals surface area (Å²) < 4.78 is 0.538. The van der Waals surface area contributed by atoms with Crippen molar-refractivity contribution in [3.05, 3.63) is 26.9 Å². The molecule has 6 nitrogen and oxygen atoms in total. The van der Waals surface area contributed by atoms with E-state index < -0.39 is 4.92 Å². The van der Waals surface area contributed by atoms with Crippen LogP contribution in [0.4, 0.5) is 11.5 Å². The molecule has 0 aliphatic rings. The Morgan fingerprint density at radius 2 is 2.47 bits per heavy atom. The normalized spacial score (nSPS) is 12.2. The number of rotatable bonds is 4. The summed E-state index contributed by atoms with van der Waals surface area (Å²) in [7, 11) is 0. The Morgan fingerprint density at radius 1 is 1.80 bits per heavy atom. The minimum Gasteiger partial charge on any atom is -0.394 e. The van der Waals surface area contributed by atoms with E-state index in [0.29, 0.717) is 4.47 Å². The Morgan fingerprint density at radius 3 is 3.00 bits per heavy atom. The molecule has 0 aromatic carbocycles. The maximum atomic E-state index is 10.7. The van der Waals surface area contributed by atoms with Crippen LogP contribution in [-0.2, 0) is 0 Å². The highest BCUT2D eigenvalue weighted by Crippen LogP contribution is 2.25. The lowest BCUT2D eigenvalue weighted by Gasteiger charge is -2.11. The number of halogens is 1. The summed E-state index contributed by atoms with van der Waals surface area (Å²) in [4.78, 5) is 14.0. The fourth-order valence-electron chi connectivity index (χ4n) is 0.958. The molecule has 2 N–H and O–H groups in total. The Kier molecular flexibility index (Phi) is 3.98. The van der Waals surface area contributed by atoms with Gasteiger partial charge in [0.1, 0.15) is 0 Å². The third-order valence-electron chi connectivity index (χ3n) is 1.69. The lowest BCUT2D eigenvalue weighted by atomic mass is 10.3. The van der Waals surface area contributed by atoms with Crippen molar-refractivity contribution >= 4 is 27.4 Å². The molecule has 1 heterocycles. The van der Waals surface area contributed by atoms with Gasteiger partial charge >= 0.3 is 5.69 Å². The number of nitro groups is 1. The first-order chi connectivity index (χ1) is 7.04. The summed E-state index contributed by atoms with van der Waals surface area (Å²) in [5.74, 6) is 0.157. The van der Waals surface area contributed by atoms with Crippen LogP contribution in [0, 0.1) is 10.1 Å². The van der Waals surface area contributed by atoms with E-state index in [4.69, 9.17) is 5.11 Å². The Bertz CT molecular complexity index is 372. The maximum absolute atomic E-state index is 10.7. The molecule has 1 aromatic heterocycles. The second kappa shape index (κ2) is 5.04. The topological polar surface area (TPSA) is 88.3 Å². The van der Waals surface area contributed by atoms with Gasteiger partial charge in [-0.15, -0.1) is 0 Å². The van der Waals surface area contributed by atoms with Crippen molar-refractivity contribution in [2.75, 3.05) is 11.9 Å². The first-order valence-corrected chi connectivity index (χ1v) is 5.01. The molecule has 1 rings (SSSR count). The van der Waals surface area contributed by atoms with E-state index in [1.807, 2.05) is 0 Å². The molecule has 1 unspecified atom stereocenters. The van der Waals surface area contributed by atoms with Gasteiger partial charge in [-0.2, -0.15) is 0 Å². The first kappa shape index (κ1) is 11.9. The zero-order valence-corrected chi connectivity index (χ0v) is 9.56. The smallest absolute Gasteiger partial charge is 0.312 e. The lowest BCUT2D eigenvalue weighted by molar-refractivity contribution is -0.384. The van der Waals surface area contributed by atoms with Gasteiger partial charge in [-0.05, 0) is 22.9 Å². The summed E-state index contributed by atoms with van der Waals surface area (Å²) in [5, 5.41) is 22.2. The molecule has 82 valence electrons. The van der Waals surface area contributed by atoms with Crippen molar-refractivity contribution < 1.29 is 10.0 Å². The second-order valence-electron chi connectivity index (χ2n) is 3.01. The Hall–Kier alpha value is -1.21. The van der Waals surface area contributed by atoms with Gasteiger partial charge in [0, 0.05) is 22.8 Å². The van der Waals surface area contributed by atoms with Crippen LogP contribution in [0.15, 0.2) is 16.7 Å². The molecule has 0 aliphatic carbocycles. The van der Waals surface area contributed by atoms with E-state index in [9.17, 15) is 10.1 Å². The van der Waals surface area contributed by atoms with E-state index in [-0.39, 0.29) is 24.2 Å². The number of aliphatic hydroxyl groups is 1. The highest BCUT2D eigenvalue weighted by atomic mass is 79.9. The van der Waals surface area contributed by atoms with E-state index in [2.05, 4.69) is 26.2 Å². The van der Waals surface area contributed by atoms with E-state index in [0.717, 1.165) is 0 Å². The van der Waals surface area contributed by atoms with Gasteiger partial charge in [0.2, 0.25) is 5.82 Å². The molecule has 1 aromatic rings. The average molecular weight is 276 g/mol. The van der Waals surface area contributed by atoms with Crippen molar-refractivity contribution in [3.8, 4) is 0 Å². The van der Waals surface area contributed by atoms with Crippen LogP contribution in [0.3, 0.4) is 0 Å². The van der Waals surface area contributed by atoms with E-state index in [1.165, 1.54) is 12.3 Å². The molecule has 0 radical (unpaired) electrons. The monoisotopic (exact) mass is 275 g/mol. The Labute approximate surface area is 94.6 Å². The van der Waals surface area contributed by atoms with Gasteiger partial charge in [0.15, 0.2) is 0 Å². The predicted octanol–water partition coefficient (Wildman–Crippen LogP) is 1.54. The molecule has 0 saturated carbocycles. The number of aliphatic hydroxyl groups excluding tert-OH is 1. The number of nitrogens with zero attached hydrogens (tertiary/aromatic N) is 2. The van der Waals surface area contributed by atoms with Crippen LogP contribution in [-0.4, -0.2) is 27.7 Å². The molecule has 15 heavy (non-hydrogen) atoms. The molecule has 0 aliphatic heterocycles. The first-order valence-electron chi connectivity index (χ1n) is 4.22. The van der Waals surface area contributed by atoms with Gasteiger partial charge in [-0.25, -0.2) is 4.98 Å². The SMILES string of the molecule is CC(CO)Nc1ncc(Br)cc1[N+](=O)[O-]. The molecule has 7 heteroatoms. The fraction of sp³-hybridized carbons (Fsp3) is 0.375. The van der Waals surface area contributed by atoms with Gasteiger partial charge in [0.25, 0.3) is 0 Å². The molecular weight excluding hydrogens is 266 g/mol. The minimum atomic E-state index is -0.524. The molecule has 0 saturated heterocycles. The highest BCUT2D eigenvalue weighted by Gasteiger charge is 2.16. The van der Waals surface area contributed by atoms with Crippen LogP contribution in [0.25, 0.3) is 0 Å². The zero-order chi connectivity index (χ0) is 11.4. The zero-order valence-electron chi connectivity index (χ0n) is 7.98. The molecule has 0 fully saturated rings. The van der Waals surface area contributed by atoms with Crippen LogP contribution >= 0.6 is 15.9 Å². The van der Waals surface area contributed by atoms with Gasteiger partial charge < -0.3 is 10.4 Å². The van der Waals surface area contributed by atoms with Crippen molar-refractivity contribution in [1.29, 1.82) is 0 Å². The minimum absolute atomic E-state index is 0.116. The maximum Gasteiger partial charge on any atom is 0.312 e. The van der Waals surface area contributed by atoms with Crippen LogP contribution in [0.2, 0.25) is 0 Å². The molecule has 1 atom stereocenters. The number of hydrogen-bond donors (Lipinski definition) is 2. The third kappa shape index (κ3) is 3.14. The number of pyridine rings is 1. The largest absolute Gasteiger partial charge is 0.394 e. The number of nitrogens with one attached hydrogen (secondary N) is 1. The quantitative estimate of drug-likeness (QED) is 0.643. The standard InChI is InChI=1S/C8H10BrN3O3/c1-5(4-13)11-8-7(12(14)15)2-6(9)3-10-8/h2-3,5,13H,4H2,1H3,(H,10,11). The summed E-state index contributed by atoms with van der Waals surface area (Å²) in [5.41, 5.74) is -0.121. The van der Waals surface area contributed by atoms with Crippen molar-refractivity contribution in [1.82, 2.24) is 4.98 Å². The number of anilines is 1. The van der Waals surface area contributed by atoms with Gasteiger partial charge in [-0.1, -0.05) is 0 Å². The fourth-order valence-corrected chi connectivity index (χ4v) is 1.28. The highest BCUT2D eigenvalue weighted by molar-refractivity contribution is 9.10. The second-order valence-corrected chi connectivity index (χ2v) is 3.92. The molecule has 0 spiro atoms. The summed E-state index contributed by atoms with van der Waals surface area (Å²) >= 11 is 3.10. The average Bonchev–Trinajstić information content (AvgIpc) is 2.20. The van der Waals surface area contributed by atoms with E-state index in [1.54, 1.807) is 6.92 Å². The molecule has 0 bridgehead atoms. The number of hydrogen-bond acceptors (Lipinski definition) is 5. The van der Waals surface area contributed by atoms with Crippen molar-refractivity contribution in [3.63, 3.8) is 0 Å². The Balaban J connectivity index is 3.01. The van der Waals surface area contributed by atoms with Crippen molar-refractivity contribution in [2.24, 2.45) is 0 Å². The summed E-state index contributed by atoms with van der Waals surface area (Å²) in [6, 6.07) is 1.08. The van der Waals surface area contributed by atoms with Crippen LogP contribution in [0.5, 0.6) is 0 Å². The molecule has 0 amide bonds. The van der Waals surface area contributed by atoms with E-state index >= 15 is 0 Å². The summed E-state index contributed by atoms with van der Waals surface area (Å²) in [6.07, 6.45) is 1.46. The van der Waals surface area contributed by atoms with Gasteiger partial charge in [-0.3, -0.25) is 10.1 Å². The predicted molar refractivity (Wildman–Crippen MR) is 58.8 cm³/mol. The van der Waals surface area contributed by atoms with Gasteiger partial charge in [0.05, 0.1) is 11.5 Å². The summed E-state index contributed by atoms with van der Waals surface area (Å²) in [6.45, 7) is 1.59. The van der Waals surface area contributed by atoms with Crippen molar-refractivity contribution in [2.45, 2.75) is 13.0 Å². The van der Waals surface area contributed by atoms with Crippen LogP contribution in [0.1, 0.15) is 6.92 Å².